The maximum absolute atomic E-state index is 11.8. The molecule has 0 bridgehead atoms. The number of nitrogens with one attached hydrogen (secondary N) is 1. The number of halogens is 2. The number of phenolic OH excluding ortho intramolecular Hbond substituents is 1. The van der Waals surface area contributed by atoms with Gasteiger partial charge in [0.05, 0.1) is 16.8 Å². The van der Waals surface area contributed by atoms with Crippen molar-refractivity contribution in [1.29, 1.82) is 0 Å². The van der Waals surface area contributed by atoms with E-state index in [0.29, 0.717) is 16.1 Å². The number of aromatic hydroxyl groups is 1. The van der Waals surface area contributed by atoms with Crippen LogP contribution in [-0.2, 0) is 0 Å². The largest absolute Gasteiger partial charge is 0.508 e. The molecule has 0 spiro atoms. The van der Waals surface area contributed by atoms with Crippen molar-refractivity contribution in [3.05, 3.63) is 63.1 Å². The van der Waals surface area contributed by atoms with Gasteiger partial charge in [0.25, 0.3) is 5.91 Å². The van der Waals surface area contributed by atoms with E-state index in [4.69, 9.17) is 11.6 Å². The molecule has 1 amide bonds. The lowest BCUT2D eigenvalue weighted by molar-refractivity contribution is 0.0955. The van der Waals surface area contributed by atoms with Crippen molar-refractivity contribution >= 4 is 39.7 Å². The number of phenols is 1. The summed E-state index contributed by atoms with van der Waals surface area (Å²) >= 11 is 9.23. The number of hydrogen-bond acceptors (Lipinski definition) is 3. The molecule has 6 heteroatoms. The Morgan fingerprint density at radius 3 is 2.80 bits per heavy atom. The minimum absolute atomic E-state index is 0.118. The molecule has 0 fully saturated rings. The minimum atomic E-state index is -0.400. The molecule has 0 aliphatic heterocycles. The van der Waals surface area contributed by atoms with E-state index in [1.165, 1.54) is 12.3 Å². The number of benzene rings is 2. The zero-order valence-corrected chi connectivity index (χ0v) is 12.5. The smallest absolute Gasteiger partial charge is 0.272 e. The van der Waals surface area contributed by atoms with Gasteiger partial charge in [-0.1, -0.05) is 39.7 Å². The first-order chi connectivity index (χ1) is 9.58. The lowest BCUT2D eigenvalue weighted by Crippen LogP contribution is -2.17. The molecular weight excluding hydrogens is 344 g/mol. The van der Waals surface area contributed by atoms with E-state index in [1.54, 1.807) is 36.4 Å². The van der Waals surface area contributed by atoms with Gasteiger partial charge in [0, 0.05) is 10.0 Å². The van der Waals surface area contributed by atoms with Crippen LogP contribution in [0.5, 0.6) is 5.75 Å². The third-order valence-corrected chi connectivity index (χ3v) is 3.52. The Hall–Kier alpha value is -1.85. The molecule has 0 atom stereocenters. The quantitative estimate of drug-likeness (QED) is 0.654. The highest BCUT2D eigenvalue weighted by Crippen LogP contribution is 2.20. The van der Waals surface area contributed by atoms with E-state index >= 15 is 0 Å². The van der Waals surface area contributed by atoms with E-state index in [-0.39, 0.29) is 5.75 Å². The molecule has 0 heterocycles. The molecule has 2 aromatic carbocycles. The summed E-state index contributed by atoms with van der Waals surface area (Å²) in [6, 6.07) is 11.5. The average Bonchev–Trinajstić information content (AvgIpc) is 2.43. The summed E-state index contributed by atoms with van der Waals surface area (Å²) in [6.45, 7) is 0. The second-order valence-corrected chi connectivity index (χ2v) is 5.15. The van der Waals surface area contributed by atoms with Crippen LogP contribution in [0.25, 0.3) is 0 Å². The molecule has 2 rings (SSSR count). The number of amides is 1. The van der Waals surface area contributed by atoms with Gasteiger partial charge in [-0.3, -0.25) is 4.79 Å². The molecule has 20 heavy (non-hydrogen) atoms. The maximum atomic E-state index is 11.8. The lowest BCUT2D eigenvalue weighted by Gasteiger charge is -2.02. The van der Waals surface area contributed by atoms with E-state index < -0.39 is 5.91 Å². The van der Waals surface area contributed by atoms with Crippen molar-refractivity contribution in [3.8, 4) is 5.75 Å². The molecule has 4 nitrogen and oxygen atoms in total. The summed E-state index contributed by atoms with van der Waals surface area (Å²) in [5, 5.41) is 13.6. The number of rotatable bonds is 3. The Balaban J connectivity index is 2.09. The predicted octanol–water partition coefficient (Wildman–Crippen LogP) is 3.57. The van der Waals surface area contributed by atoms with Crippen molar-refractivity contribution < 1.29 is 9.90 Å². The number of hydrazone groups is 1. The van der Waals surface area contributed by atoms with Gasteiger partial charge in [-0.05, 0) is 30.3 Å². The summed E-state index contributed by atoms with van der Waals surface area (Å²) in [4.78, 5) is 11.8. The number of carbonyl (C=O) groups is 1. The summed E-state index contributed by atoms with van der Waals surface area (Å²) in [7, 11) is 0. The summed E-state index contributed by atoms with van der Waals surface area (Å²) in [6.07, 6.45) is 1.43. The van der Waals surface area contributed by atoms with Crippen molar-refractivity contribution in [1.82, 2.24) is 5.43 Å². The van der Waals surface area contributed by atoms with Gasteiger partial charge in [0.15, 0.2) is 0 Å². The Bertz CT molecular complexity index is 674. The molecule has 0 aliphatic rings. The Morgan fingerprint density at radius 2 is 2.05 bits per heavy atom. The van der Waals surface area contributed by atoms with Crippen molar-refractivity contribution in [2.75, 3.05) is 0 Å². The standard InChI is InChI=1S/C14H10BrClN2O2/c15-12-6-5-10(19)7-9(12)8-17-18-14(20)11-3-1-2-4-13(11)16/h1-8,19H,(H,18,20)/b17-8-. The second-order valence-electron chi connectivity index (χ2n) is 3.88. The molecule has 0 saturated heterocycles. The van der Waals surface area contributed by atoms with Crippen molar-refractivity contribution in [2.45, 2.75) is 0 Å². The predicted molar refractivity (Wildman–Crippen MR) is 82.3 cm³/mol. The van der Waals surface area contributed by atoms with Crippen LogP contribution in [0.3, 0.4) is 0 Å². The van der Waals surface area contributed by atoms with E-state index in [2.05, 4.69) is 26.5 Å². The van der Waals surface area contributed by atoms with Gasteiger partial charge < -0.3 is 5.11 Å². The summed E-state index contributed by atoms with van der Waals surface area (Å²) in [5.41, 5.74) is 3.37. The first-order valence-corrected chi connectivity index (χ1v) is 6.81. The number of carbonyl (C=O) groups excluding carboxylic acids is 1. The van der Waals surface area contributed by atoms with E-state index in [9.17, 15) is 9.90 Å². The highest BCUT2D eigenvalue weighted by molar-refractivity contribution is 9.10. The number of hydrogen-bond donors (Lipinski definition) is 2. The fraction of sp³-hybridized carbons (Fsp3) is 0. The van der Waals surface area contributed by atoms with Crippen LogP contribution in [0.1, 0.15) is 15.9 Å². The summed E-state index contributed by atoms with van der Waals surface area (Å²) < 4.78 is 0.756. The van der Waals surface area contributed by atoms with E-state index in [1.807, 2.05) is 0 Å². The maximum Gasteiger partial charge on any atom is 0.272 e. The van der Waals surface area contributed by atoms with Crippen LogP contribution in [0.15, 0.2) is 52.0 Å². The van der Waals surface area contributed by atoms with Crippen molar-refractivity contribution in [2.24, 2.45) is 5.10 Å². The molecule has 0 aliphatic carbocycles. The average molecular weight is 354 g/mol. The van der Waals surface area contributed by atoms with Gasteiger partial charge in [0.2, 0.25) is 0 Å². The second kappa shape index (κ2) is 6.54. The fourth-order valence-electron chi connectivity index (χ4n) is 1.50. The number of nitrogens with zero attached hydrogens (tertiary/aromatic N) is 1. The zero-order chi connectivity index (χ0) is 14.5. The highest BCUT2D eigenvalue weighted by Gasteiger charge is 2.07. The van der Waals surface area contributed by atoms with Gasteiger partial charge in [-0.15, -0.1) is 0 Å². The van der Waals surface area contributed by atoms with E-state index in [0.717, 1.165) is 4.47 Å². The molecular formula is C14H10BrClN2O2. The Kier molecular flexibility index (Phi) is 4.76. The first kappa shape index (κ1) is 14.6. The Morgan fingerprint density at radius 1 is 1.30 bits per heavy atom. The topological polar surface area (TPSA) is 61.7 Å². The minimum Gasteiger partial charge on any atom is -0.508 e. The SMILES string of the molecule is O=C(N/N=C\c1cc(O)ccc1Br)c1ccccc1Cl. The van der Waals surface area contributed by atoms with Crippen LogP contribution in [0.4, 0.5) is 0 Å². The normalized spacial score (nSPS) is 10.7. The Labute approximate surface area is 129 Å². The van der Waals surface area contributed by atoms with Crippen LogP contribution >= 0.6 is 27.5 Å². The summed E-state index contributed by atoms with van der Waals surface area (Å²) in [5.74, 6) is -0.282. The molecule has 0 saturated carbocycles. The lowest BCUT2D eigenvalue weighted by atomic mass is 10.2. The molecule has 2 N–H and O–H groups in total. The third kappa shape index (κ3) is 3.59. The van der Waals surface area contributed by atoms with Gasteiger partial charge in [0.1, 0.15) is 5.75 Å². The van der Waals surface area contributed by atoms with Crippen LogP contribution in [0.2, 0.25) is 5.02 Å². The fourth-order valence-corrected chi connectivity index (χ4v) is 2.07. The zero-order valence-electron chi connectivity index (χ0n) is 10.2. The van der Waals surface area contributed by atoms with Gasteiger partial charge in [-0.25, -0.2) is 5.43 Å². The van der Waals surface area contributed by atoms with Gasteiger partial charge >= 0.3 is 0 Å². The molecule has 0 radical (unpaired) electrons. The molecule has 2 aromatic rings. The van der Waals surface area contributed by atoms with Gasteiger partial charge in [-0.2, -0.15) is 5.10 Å². The molecule has 102 valence electrons. The van der Waals surface area contributed by atoms with Crippen LogP contribution in [0, 0.1) is 0 Å². The molecule has 0 aromatic heterocycles. The molecule has 0 unspecified atom stereocenters. The first-order valence-electron chi connectivity index (χ1n) is 5.64. The van der Waals surface area contributed by atoms with Crippen LogP contribution in [-0.4, -0.2) is 17.2 Å². The van der Waals surface area contributed by atoms with Crippen LogP contribution < -0.4 is 5.43 Å². The highest BCUT2D eigenvalue weighted by atomic mass is 79.9. The monoisotopic (exact) mass is 352 g/mol. The third-order valence-electron chi connectivity index (χ3n) is 2.47. The van der Waals surface area contributed by atoms with Crippen molar-refractivity contribution in [3.63, 3.8) is 0 Å².